The number of nitrogens with zero attached hydrogens (tertiary/aromatic N) is 1. The quantitative estimate of drug-likeness (QED) is 0.875. The summed E-state index contributed by atoms with van der Waals surface area (Å²) in [6, 6.07) is 12.2. The molecule has 5 nitrogen and oxygen atoms in total. The van der Waals surface area contributed by atoms with Crippen LogP contribution in [-0.2, 0) is 21.6 Å². The zero-order chi connectivity index (χ0) is 19.7. The maximum atomic E-state index is 14.4. The Balaban J connectivity index is 1.60. The van der Waals surface area contributed by atoms with Crippen molar-refractivity contribution in [3.63, 3.8) is 0 Å². The summed E-state index contributed by atoms with van der Waals surface area (Å²) in [7, 11) is 1.44. The molecule has 0 aliphatic carbocycles. The molecule has 2 saturated heterocycles. The van der Waals surface area contributed by atoms with Crippen LogP contribution in [0.25, 0.3) is 0 Å². The topological polar surface area (TPSA) is 50.8 Å². The second-order valence-corrected chi connectivity index (χ2v) is 7.21. The fourth-order valence-electron chi connectivity index (χ4n) is 4.19. The van der Waals surface area contributed by atoms with Crippen molar-refractivity contribution in [1.82, 2.24) is 10.2 Å². The molecule has 2 aromatic rings. The average molecular weight is 388 g/mol. The van der Waals surface area contributed by atoms with E-state index < -0.39 is 17.2 Å². The number of piperidine rings is 1. The smallest absolute Gasteiger partial charge is 0.246 e. The molecule has 2 fully saturated rings. The lowest BCUT2D eigenvalue weighted by atomic mass is 9.77. The number of halogens is 2. The first-order valence-electron chi connectivity index (χ1n) is 9.25. The number of hydrogen-bond acceptors (Lipinski definition) is 4. The molecule has 2 aliphatic heterocycles. The molecule has 1 N–H and O–H groups in total. The van der Waals surface area contributed by atoms with Gasteiger partial charge >= 0.3 is 0 Å². The van der Waals surface area contributed by atoms with Crippen LogP contribution in [0.15, 0.2) is 42.5 Å². The summed E-state index contributed by atoms with van der Waals surface area (Å²) < 4.78 is 39.2. The number of benzene rings is 2. The summed E-state index contributed by atoms with van der Waals surface area (Å²) in [6.45, 7) is 1.26. The summed E-state index contributed by atoms with van der Waals surface area (Å²) in [5.41, 5.74) is 0.564. The minimum atomic E-state index is -0.896. The molecule has 4 rings (SSSR count). The monoisotopic (exact) mass is 388 g/mol. The van der Waals surface area contributed by atoms with E-state index >= 15 is 0 Å². The van der Waals surface area contributed by atoms with Crippen molar-refractivity contribution in [3.05, 3.63) is 65.2 Å². The van der Waals surface area contributed by atoms with Gasteiger partial charge in [0.1, 0.15) is 12.4 Å². The number of carbonyl (C=O) groups is 1. The number of rotatable bonds is 4. The van der Waals surface area contributed by atoms with Gasteiger partial charge in [-0.25, -0.2) is 8.78 Å². The highest BCUT2D eigenvalue weighted by molar-refractivity contribution is 5.79. The lowest BCUT2D eigenvalue weighted by Gasteiger charge is -2.50. The maximum absolute atomic E-state index is 14.4. The Bertz CT molecular complexity index is 877. The van der Waals surface area contributed by atoms with Gasteiger partial charge in [-0.1, -0.05) is 30.3 Å². The van der Waals surface area contributed by atoms with Crippen LogP contribution in [0, 0.1) is 11.6 Å². The van der Waals surface area contributed by atoms with E-state index in [9.17, 15) is 13.6 Å². The molecule has 2 aliphatic rings. The first kappa shape index (κ1) is 18.8. The Morgan fingerprint density at radius 1 is 1.25 bits per heavy atom. The average Bonchev–Trinajstić information content (AvgIpc) is 2.72. The van der Waals surface area contributed by atoms with E-state index in [1.807, 2.05) is 35.2 Å². The van der Waals surface area contributed by atoms with Crippen molar-refractivity contribution in [3.8, 4) is 5.75 Å². The van der Waals surface area contributed by atoms with E-state index in [4.69, 9.17) is 9.47 Å². The summed E-state index contributed by atoms with van der Waals surface area (Å²) in [4.78, 5) is 14.1. The Kier molecular flexibility index (Phi) is 5.03. The van der Waals surface area contributed by atoms with Gasteiger partial charge < -0.3 is 14.8 Å². The number of fused-ring (bicyclic) bond motifs is 1. The number of carbonyl (C=O) groups excluding carboxylic acids is 1. The SMILES string of the molecule is COc1ccc(F)c(F)c1CN1CC[C@@]2(c3ccccc3)NC(=O)CO[C@@H]2C1. The third-order valence-corrected chi connectivity index (χ3v) is 5.62. The lowest BCUT2D eigenvalue weighted by molar-refractivity contribution is -0.152. The molecule has 0 spiro atoms. The number of methoxy groups -OCH3 is 1. The number of likely N-dealkylation sites (tertiary alicyclic amines) is 1. The van der Waals surface area contributed by atoms with Crippen molar-refractivity contribution in [2.45, 2.75) is 24.6 Å². The van der Waals surface area contributed by atoms with E-state index in [1.54, 1.807) is 0 Å². The molecule has 2 aromatic carbocycles. The zero-order valence-electron chi connectivity index (χ0n) is 15.6. The minimum Gasteiger partial charge on any atom is -0.496 e. The largest absolute Gasteiger partial charge is 0.496 e. The fourth-order valence-corrected chi connectivity index (χ4v) is 4.19. The van der Waals surface area contributed by atoms with Gasteiger partial charge in [0.25, 0.3) is 0 Å². The highest BCUT2D eigenvalue weighted by Crippen LogP contribution is 2.38. The van der Waals surface area contributed by atoms with Gasteiger partial charge in [0.05, 0.1) is 18.8 Å². The highest BCUT2D eigenvalue weighted by Gasteiger charge is 2.49. The van der Waals surface area contributed by atoms with Gasteiger partial charge in [-0.2, -0.15) is 0 Å². The maximum Gasteiger partial charge on any atom is 0.246 e. The Morgan fingerprint density at radius 3 is 2.79 bits per heavy atom. The zero-order valence-corrected chi connectivity index (χ0v) is 15.6. The van der Waals surface area contributed by atoms with Gasteiger partial charge in [-0.05, 0) is 24.1 Å². The normalized spacial score (nSPS) is 25.1. The molecule has 1 amide bonds. The van der Waals surface area contributed by atoms with E-state index in [1.165, 1.54) is 13.2 Å². The van der Waals surface area contributed by atoms with Crippen molar-refractivity contribution < 1.29 is 23.0 Å². The second-order valence-electron chi connectivity index (χ2n) is 7.21. The fraction of sp³-hybridized carbons (Fsp3) is 0.381. The van der Waals surface area contributed by atoms with Gasteiger partial charge in [0.15, 0.2) is 11.6 Å². The molecule has 0 bridgehead atoms. The van der Waals surface area contributed by atoms with Crippen molar-refractivity contribution in [2.75, 3.05) is 26.8 Å². The molecular weight excluding hydrogens is 366 g/mol. The van der Waals surface area contributed by atoms with Crippen LogP contribution in [0.4, 0.5) is 8.78 Å². The van der Waals surface area contributed by atoms with Crippen LogP contribution in [0.2, 0.25) is 0 Å². The van der Waals surface area contributed by atoms with Gasteiger partial charge in [0, 0.05) is 25.2 Å². The molecule has 2 heterocycles. The summed E-state index contributed by atoms with van der Waals surface area (Å²) >= 11 is 0. The third-order valence-electron chi connectivity index (χ3n) is 5.62. The van der Waals surface area contributed by atoms with Crippen LogP contribution < -0.4 is 10.1 Å². The Labute approximate surface area is 162 Å². The first-order valence-corrected chi connectivity index (χ1v) is 9.25. The van der Waals surface area contributed by atoms with E-state index in [0.717, 1.165) is 11.6 Å². The van der Waals surface area contributed by atoms with Gasteiger partial charge in [0.2, 0.25) is 5.91 Å². The second kappa shape index (κ2) is 7.48. The third kappa shape index (κ3) is 3.25. The molecular formula is C21H22F2N2O3. The minimum absolute atomic E-state index is 0.00919. The molecule has 0 saturated carbocycles. The van der Waals surface area contributed by atoms with Gasteiger partial charge in [-0.15, -0.1) is 0 Å². The van der Waals surface area contributed by atoms with E-state index in [2.05, 4.69) is 5.32 Å². The number of nitrogens with one attached hydrogen (secondary N) is 1. The van der Waals surface area contributed by atoms with E-state index in [-0.39, 0.29) is 30.7 Å². The Morgan fingerprint density at radius 2 is 2.04 bits per heavy atom. The van der Waals surface area contributed by atoms with Crippen molar-refractivity contribution >= 4 is 5.91 Å². The van der Waals surface area contributed by atoms with Crippen molar-refractivity contribution in [1.29, 1.82) is 0 Å². The van der Waals surface area contributed by atoms with Crippen LogP contribution in [0.5, 0.6) is 5.75 Å². The summed E-state index contributed by atoms with van der Waals surface area (Å²) in [5, 5.41) is 3.13. The molecule has 2 atom stereocenters. The van der Waals surface area contributed by atoms with Crippen LogP contribution in [-0.4, -0.2) is 43.7 Å². The molecule has 0 aromatic heterocycles. The number of hydrogen-bond donors (Lipinski definition) is 1. The standard InChI is InChI=1S/C21H22F2N2O3/c1-27-17-8-7-16(22)20(23)15(17)11-25-10-9-21(14-5-3-2-4-6-14)18(12-25)28-13-19(26)24-21/h2-8,18H,9-13H2,1H3,(H,24,26)/t18-,21+/m1/s1. The molecule has 0 radical (unpaired) electrons. The van der Waals surface area contributed by atoms with Crippen molar-refractivity contribution in [2.24, 2.45) is 0 Å². The number of morpholine rings is 1. The molecule has 148 valence electrons. The van der Waals surface area contributed by atoms with E-state index in [0.29, 0.717) is 25.3 Å². The summed E-state index contributed by atoms with van der Waals surface area (Å²) in [6.07, 6.45) is 0.316. The predicted molar refractivity (Wildman–Crippen MR) is 98.8 cm³/mol. The van der Waals surface area contributed by atoms with Gasteiger partial charge in [-0.3, -0.25) is 9.69 Å². The molecule has 28 heavy (non-hydrogen) atoms. The lowest BCUT2D eigenvalue weighted by Crippen LogP contribution is -2.66. The van der Waals surface area contributed by atoms with Crippen LogP contribution >= 0.6 is 0 Å². The molecule has 0 unspecified atom stereocenters. The first-order chi connectivity index (χ1) is 13.5. The summed E-state index contributed by atoms with van der Waals surface area (Å²) in [5.74, 6) is -1.62. The number of ether oxygens (including phenoxy) is 2. The number of amides is 1. The Hall–Kier alpha value is -2.51. The van der Waals surface area contributed by atoms with Crippen LogP contribution in [0.1, 0.15) is 17.5 Å². The highest BCUT2D eigenvalue weighted by atomic mass is 19.2. The predicted octanol–water partition coefficient (Wildman–Crippen LogP) is 2.59. The van der Waals surface area contributed by atoms with Crippen LogP contribution in [0.3, 0.4) is 0 Å². The molecule has 7 heteroatoms.